The number of hydrogen-bond acceptors (Lipinski definition) is 6. The van der Waals surface area contributed by atoms with Crippen LogP contribution in [0.15, 0.2) is 16.8 Å². The molecule has 0 saturated carbocycles. The minimum Gasteiger partial charge on any atom is -0.397 e. The molecule has 1 saturated heterocycles. The van der Waals surface area contributed by atoms with E-state index < -0.39 is 0 Å². The summed E-state index contributed by atoms with van der Waals surface area (Å²) in [6.45, 7) is 8.59. The van der Waals surface area contributed by atoms with E-state index >= 15 is 0 Å². The van der Waals surface area contributed by atoms with Crippen molar-refractivity contribution in [3.05, 3.63) is 12.1 Å². The average molecular weight is 261 g/mol. The van der Waals surface area contributed by atoms with Gasteiger partial charge in [0.05, 0.1) is 11.4 Å². The fourth-order valence-electron chi connectivity index (χ4n) is 2.81. The highest BCUT2D eigenvalue weighted by Crippen LogP contribution is 2.29. The number of piperazine rings is 1. The molecule has 102 valence electrons. The summed E-state index contributed by atoms with van der Waals surface area (Å²) in [4.78, 5) is 4.81. The molecule has 0 radical (unpaired) electrons. The maximum atomic E-state index is 5.88. The van der Waals surface area contributed by atoms with Crippen molar-refractivity contribution in [1.29, 1.82) is 0 Å². The number of nitrogen functional groups attached to an aromatic ring is 1. The Balaban J connectivity index is 1.93. The fourth-order valence-corrected chi connectivity index (χ4v) is 2.81. The molecule has 1 aliphatic rings. The standard InChI is InChI=1S/C13H19N5O/c1-3-17-6-7-18(8-9(17)2)11-5-4-10(14)12-13(11)16-19-15-12/h4-5,9H,3,6-8,14H2,1-2H3. The molecule has 1 aromatic heterocycles. The van der Waals surface area contributed by atoms with E-state index in [1.165, 1.54) is 0 Å². The van der Waals surface area contributed by atoms with Crippen molar-refractivity contribution in [1.82, 2.24) is 15.2 Å². The van der Waals surface area contributed by atoms with Crippen LogP contribution in [0.3, 0.4) is 0 Å². The van der Waals surface area contributed by atoms with Crippen LogP contribution in [-0.4, -0.2) is 47.4 Å². The maximum Gasteiger partial charge on any atom is 0.160 e. The van der Waals surface area contributed by atoms with Crippen molar-refractivity contribution in [2.75, 3.05) is 36.8 Å². The molecule has 1 fully saturated rings. The summed E-state index contributed by atoms with van der Waals surface area (Å²) in [5.41, 5.74) is 8.97. The van der Waals surface area contributed by atoms with Gasteiger partial charge < -0.3 is 10.6 Å². The first-order chi connectivity index (χ1) is 9.20. The van der Waals surface area contributed by atoms with Gasteiger partial charge >= 0.3 is 0 Å². The van der Waals surface area contributed by atoms with Crippen LogP contribution in [0, 0.1) is 0 Å². The largest absolute Gasteiger partial charge is 0.397 e. The lowest BCUT2D eigenvalue weighted by atomic mass is 10.1. The summed E-state index contributed by atoms with van der Waals surface area (Å²) in [5, 5.41) is 7.87. The molecule has 2 heterocycles. The van der Waals surface area contributed by atoms with Crippen LogP contribution in [0.1, 0.15) is 13.8 Å². The molecule has 0 bridgehead atoms. The predicted molar refractivity (Wildman–Crippen MR) is 75.1 cm³/mol. The molecule has 2 aromatic rings. The minimum atomic E-state index is 0.534. The van der Waals surface area contributed by atoms with E-state index in [1.807, 2.05) is 12.1 Å². The van der Waals surface area contributed by atoms with Gasteiger partial charge in [0.1, 0.15) is 0 Å². The monoisotopic (exact) mass is 261 g/mol. The number of fused-ring (bicyclic) bond motifs is 1. The van der Waals surface area contributed by atoms with Gasteiger partial charge in [-0.3, -0.25) is 4.90 Å². The van der Waals surface area contributed by atoms with Crippen molar-refractivity contribution in [2.24, 2.45) is 0 Å². The number of hydrogen-bond donors (Lipinski definition) is 1. The van der Waals surface area contributed by atoms with Crippen molar-refractivity contribution >= 4 is 22.4 Å². The van der Waals surface area contributed by atoms with Crippen molar-refractivity contribution in [3.63, 3.8) is 0 Å². The Morgan fingerprint density at radius 2 is 2.11 bits per heavy atom. The van der Waals surface area contributed by atoms with Crippen LogP contribution in [0.4, 0.5) is 11.4 Å². The number of anilines is 2. The molecule has 3 rings (SSSR count). The topological polar surface area (TPSA) is 71.4 Å². The number of rotatable bonds is 2. The first kappa shape index (κ1) is 12.2. The molecular formula is C13H19N5O. The number of aromatic nitrogens is 2. The quantitative estimate of drug-likeness (QED) is 0.822. The fraction of sp³-hybridized carbons (Fsp3) is 0.538. The van der Waals surface area contributed by atoms with E-state index in [4.69, 9.17) is 10.4 Å². The molecule has 0 amide bonds. The molecule has 19 heavy (non-hydrogen) atoms. The molecule has 6 heteroatoms. The third-order valence-electron chi connectivity index (χ3n) is 3.94. The van der Waals surface area contributed by atoms with Crippen LogP contribution in [0.5, 0.6) is 0 Å². The number of nitrogens with two attached hydrogens (primary N) is 1. The van der Waals surface area contributed by atoms with Gasteiger partial charge in [-0.1, -0.05) is 6.92 Å². The zero-order valence-corrected chi connectivity index (χ0v) is 11.3. The summed E-state index contributed by atoms with van der Waals surface area (Å²) in [5.74, 6) is 0. The molecule has 1 atom stereocenters. The first-order valence-electron chi connectivity index (χ1n) is 6.70. The molecular weight excluding hydrogens is 242 g/mol. The van der Waals surface area contributed by atoms with Gasteiger partial charge in [-0.05, 0) is 35.9 Å². The van der Waals surface area contributed by atoms with Gasteiger partial charge in [0, 0.05) is 25.7 Å². The van der Waals surface area contributed by atoms with Gasteiger partial charge in [0.2, 0.25) is 0 Å². The number of nitrogens with zero attached hydrogens (tertiary/aromatic N) is 4. The summed E-state index contributed by atoms with van der Waals surface area (Å²) >= 11 is 0. The summed E-state index contributed by atoms with van der Waals surface area (Å²) in [6.07, 6.45) is 0. The van der Waals surface area contributed by atoms with Gasteiger partial charge in [-0.25, -0.2) is 4.63 Å². The second kappa shape index (κ2) is 4.70. The van der Waals surface area contributed by atoms with Crippen molar-refractivity contribution in [3.8, 4) is 0 Å². The van der Waals surface area contributed by atoms with Gasteiger partial charge in [0.25, 0.3) is 0 Å². The van der Waals surface area contributed by atoms with Crippen LogP contribution in [0.2, 0.25) is 0 Å². The third kappa shape index (κ3) is 2.02. The lowest BCUT2D eigenvalue weighted by Gasteiger charge is -2.40. The third-order valence-corrected chi connectivity index (χ3v) is 3.94. The zero-order valence-electron chi connectivity index (χ0n) is 11.3. The highest BCUT2D eigenvalue weighted by atomic mass is 16.6. The molecule has 0 spiro atoms. The van der Waals surface area contributed by atoms with E-state index in [9.17, 15) is 0 Å². The van der Waals surface area contributed by atoms with Crippen LogP contribution in [0.25, 0.3) is 11.0 Å². The van der Waals surface area contributed by atoms with E-state index in [1.54, 1.807) is 0 Å². The van der Waals surface area contributed by atoms with E-state index in [2.05, 4.69) is 34.0 Å². The molecule has 1 aromatic carbocycles. The van der Waals surface area contributed by atoms with Crippen molar-refractivity contribution in [2.45, 2.75) is 19.9 Å². The second-order valence-electron chi connectivity index (χ2n) is 5.06. The Labute approximate surface area is 112 Å². The minimum absolute atomic E-state index is 0.534. The Kier molecular flexibility index (Phi) is 3.02. The van der Waals surface area contributed by atoms with Crippen LogP contribution >= 0.6 is 0 Å². The van der Waals surface area contributed by atoms with Gasteiger partial charge in [-0.2, -0.15) is 0 Å². The van der Waals surface area contributed by atoms with E-state index in [0.29, 0.717) is 17.2 Å². The molecule has 0 aliphatic carbocycles. The summed E-state index contributed by atoms with van der Waals surface area (Å²) < 4.78 is 4.83. The Morgan fingerprint density at radius 3 is 2.84 bits per heavy atom. The highest BCUT2D eigenvalue weighted by molar-refractivity contribution is 5.95. The Morgan fingerprint density at radius 1 is 1.32 bits per heavy atom. The average Bonchev–Trinajstić information content (AvgIpc) is 2.89. The lowest BCUT2D eigenvalue weighted by molar-refractivity contribution is 0.199. The Bertz CT molecular complexity index is 581. The SMILES string of the molecule is CCN1CCN(c2ccc(N)c3nonc23)CC1C. The van der Waals surface area contributed by atoms with E-state index in [0.717, 1.165) is 37.4 Å². The van der Waals surface area contributed by atoms with Gasteiger partial charge in [-0.15, -0.1) is 0 Å². The second-order valence-corrected chi connectivity index (χ2v) is 5.06. The molecule has 1 aliphatic heterocycles. The smallest absolute Gasteiger partial charge is 0.160 e. The predicted octanol–water partition coefficient (Wildman–Crippen LogP) is 1.34. The first-order valence-corrected chi connectivity index (χ1v) is 6.70. The molecule has 1 unspecified atom stereocenters. The summed E-state index contributed by atoms with van der Waals surface area (Å²) in [6, 6.07) is 4.42. The highest BCUT2D eigenvalue weighted by Gasteiger charge is 2.24. The normalized spacial score (nSPS) is 21.2. The molecule has 6 nitrogen and oxygen atoms in total. The van der Waals surface area contributed by atoms with Gasteiger partial charge in [0.15, 0.2) is 11.0 Å². The maximum absolute atomic E-state index is 5.88. The van der Waals surface area contributed by atoms with Crippen molar-refractivity contribution < 1.29 is 4.63 Å². The number of likely N-dealkylation sites (N-methyl/N-ethyl adjacent to an activating group) is 1. The number of benzene rings is 1. The van der Waals surface area contributed by atoms with Crippen LogP contribution in [-0.2, 0) is 0 Å². The Hall–Kier alpha value is -1.82. The summed E-state index contributed by atoms with van der Waals surface area (Å²) in [7, 11) is 0. The van der Waals surface area contributed by atoms with E-state index in [-0.39, 0.29) is 0 Å². The van der Waals surface area contributed by atoms with Crippen LogP contribution < -0.4 is 10.6 Å². The lowest BCUT2D eigenvalue weighted by Crippen LogP contribution is -2.51. The zero-order chi connectivity index (χ0) is 13.4. The molecule has 2 N–H and O–H groups in total.